The molecule has 0 atom stereocenters. The molecule has 1 heterocycles. The summed E-state index contributed by atoms with van der Waals surface area (Å²) >= 11 is 7.59. The molecule has 0 saturated heterocycles. The zero-order chi connectivity index (χ0) is 14.5. The number of nitrogens with zero attached hydrogens (tertiary/aromatic N) is 3. The summed E-state index contributed by atoms with van der Waals surface area (Å²) in [7, 11) is 1.33. The highest BCUT2D eigenvalue weighted by molar-refractivity contribution is 7.98. The Morgan fingerprint density at radius 1 is 1.40 bits per heavy atom. The molecule has 0 fully saturated rings. The van der Waals surface area contributed by atoms with Gasteiger partial charge >= 0.3 is 5.97 Å². The van der Waals surface area contributed by atoms with Crippen LogP contribution in [0.4, 0.5) is 0 Å². The number of aryl methyl sites for hydroxylation is 1. The van der Waals surface area contributed by atoms with E-state index in [-0.39, 0.29) is 5.69 Å². The van der Waals surface area contributed by atoms with E-state index in [1.807, 2.05) is 18.4 Å². The maximum Gasteiger partial charge on any atom is 0.360 e. The maximum absolute atomic E-state index is 11.8. The standard InChI is InChI=1S/C13H14ClN3O2S/c1-19-13(18)11-12(9-3-5-10(14)6-4-9)17(16-15-11)7-8-20-2/h3-6H,7-8H2,1-2H3. The number of thioether (sulfide) groups is 1. The minimum Gasteiger partial charge on any atom is -0.464 e. The molecule has 7 heteroatoms. The van der Waals surface area contributed by atoms with Gasteiger partial charge in [0.25, 0.3) is 0 Å². The van der Waals surface area contributed by atoms with Crippen molar-refractivity contribution in [2.75, 3.05) is 19.1 Å². The summed E-state index contributed by atoms with van der Waals surface area (Å²) in [6, 6.07) is 7.21. The number of benzene rings is 1. The predicted molar refractivity (Wildman–Crippen MR) is 80.2 cm³/mol. The van der Waals surface area contributed by atoms with Crippen LogP contribution in [0.25, 0.3) is 11.3 Å². The molecule has 1 aromatic carbocycles. The van der Waals surface area contributed by atoms with Gasteiger partial charge in [-0.2, -0.15) is 11.8 Å². The number of rotatable bonds is 5. The van der Waals surface area contributed by atoms with Crippen LogP contribution in [0.15, 0.2) is 24.3 Å². The van der Waals surface area contributed by atoms with Crippen molar-refractivity contribution < 1.29 is 9.53 Å². The fourth-order valence-electron chi connectivity index (χ4n) is 1.77. The Kier molecular flexibility index (Phi) is 5.03. The molecule has 0 amide bonds. The molecular weight excluding hydrogens is 298 g/mol. The lowest BCUT2D eigenvalue weighted by molar-refractivity contribution is 0.0595. The van der Waals surface area contributed by atoms with Gasteiger partial charge in [0.15, 0.2) is 5.69 Å². The van der Waals surface area contributed by atoms with E-state index < -0.39 is 5.97 Å². The van der Waals surface area contributed by atoms with Gasteiger partial charge in [0.2, 0.25) is 0 Å². The number of aromatic nitrogens is 3. The highest BCUT2D eigenvalue weighted by Crippen LogP contribution is 2.24. The number of esters is 1. The first-order valence-corrected chi connectivity index (χ1v) is 7.71. The highest BCUT2D eigenvalue weighted by Gasteiger charge is 2.21. The van der Waals surface area contributed by atoms with Crippen molar-refractivity contribution in [3.8, 4) is 11.3 Å². The Morgan fingerprint density at radius 3 is 2.70 bits per heavy atom. The van der Waals surface area contributed by atoms with Gasteiger partial charge in [0.1, 0.15) is 5.69 Å². The summed E-state index contributed by atoms with van der Waals surface area (Å²) in [5.74, 6) is 0.384. The van der Waals surface area contributed by atoms with Crippen LogP contribution in [0.2, 0.25) is 5.02 Å². The summed E-state index contributed by atoms with van der Waals surface area (Å²) < 4.78 is 6.47. The van der Waals surface area contributed by atoms with E-state index in [0.717, 1.165) is 11.3 Å². The van der Waals surface area contributed by atoms with Crippen LogP contribution < -0.4 is 0 Å². The number of carbonyl (C=O) groups is 1. The molecule has 106 valence electrons. The molecule has 0 aliphatic rings. The van der Waals surface area contributed by atoms with E-state index in [4.69, 9.17) is 16.3 Å². The Labute approximate surface area is 126 Å². The van der Waals surface area contributed by atoms with Gasteiger partial charge in [-0.25, -0.2) is 9.48 Å². The van der Waals surface area contributed by atoms with Gasteiger partial charge in [-0.1, -0.05) is 28.9 Å². The first-order chi connectivity index (χ1) is 9.67. The first-order valence-electron chi connectivity index (χ1n) is 5.94. The van der Waals surface area contributed by atoms with Gasteiger partial charge in [0, 0.05) is 16.3 Å². The number of methoxy groups -OCH3 is 1. The van der Waals surface area contributed by atoms with E-state index in [1.54, 1.807) is 28.6 Å². The predicted octanol–water partition coefficient (Wildman–Crippen LogP) is 2.75. The maximum atomic E-state index is 11.8. The van der Waals surface area contributed by atoms with Crippen LogP contribution in [0.5, 0.6) is 0 Å². The molecule has 5 nitrogen and oxygen atoms in total. The zero-order valence-electron chi connectivity index (χ0n) is 11.2. The molecule has 0 aliphatic carbocycles. The fourth-order valence-corrected chi connectivity index (χ4v) is 2.26. The molecular formula is C13H14ClN3O2S. The van der Waals surface area contributed by atoms with Gasteiger partial charge in [-0.15, -0.1) is 5.10 Å². The van der Waals surface area contributed by atoms with Crippen LogP contribution in [0, 0.1) is 0 Å². The zero-order valence-corrected chi connectivity index (χ0v) is 12.7. The van der Waals surface area contributed by atoms with E-state index in [2.05, 4.69) is 10.3 Å². The minimum absolute atomic E-state index is 0.218. The Hall–Kier alpha value is -1.53. The Bertz CT molecular complexity index is 598. The van der Waals surface area contributed by atoms with Crippen molar-refractivity contribution in [1.29, 1.82) is 0 Å². The average molecular weight is 312 g/mol. The van der Waals surface area contributed by atoms with Crippen molar-refractivity contribution in [2.24, 2.45) is 0 Å². The number of carbonyl (C=O) groups excluding carboxylic acids is 1. The third-order valence-electron chi connectivity index (χ3n) is 2.74. The van der Waals surface area contributed by atoms with Gasteiger partial charge < -0.3 is 4.74 Å². The summed E-state index contributed by atoms with van der Waals surface area (Å²) in [6.45, 7) is 0.670. The van der Waals surface area contributed by atoms with Gasteiger partial charge in [-0.05, 0) is 18.4 Å². The molecule has 0 spiro atoms. The lowest BCUT2D eigenvalue weighted by Gasteiger charge is -2.07. The molecule has 0 N–H and O–H groups in total. The van der Waals surface area contributed by atoms with E-state index in [1.165, 1.54) is 7.11 Å². The number of hydrogen-bond donors (Lipinski definition) is 0. The smallest absolute Gasteiger partial charge is 0.360 e. The third kappa shape index (κ3) is 3.13. The summed E-state index contributed by atoms with van der Waals surface area (Å²) in [5.41, 5.74) is 1.71. The minimum atomic E-state index is -0.495. The normalized spacial score (nSPS) is 10.6. The largest absolute Gasteiger partial charge is 0.464 e. The van der Waals surface area contributed by atoms with Crippen LogP contribution in [0.1, 0.15) is 10.5 Å². The molecule has 0 bridgehead atoms. The molecule has 0 unspecified atom stereocenters. The van der Waals surface area contributed by atoms with E-state index >= 15 is 0 Å². The molecule has 0 aliphatic heterocycles. The van der Waals surface area contributed by atoms with Crippen LogP contribution in [-0.2, 0) is 11.3 Å². The fraction of sp³-hybridized carbons (Fsp3) is 0.308. The van der Waals surface area contributed by atoms with Crippen LogP contribution in [0.3, 0.4) is 0 Å². The molecule has 2 aromatic rings. The topological polar surface area (TPSA) is 57.0 Å². The van der Waals surface area contributed by atoms with Crippen molar-refractivity contribution in [3.63, 3.8) is 0 Å². The SMILES string of the molecule is COC(=O)c1nnn(CCSC)c1-c1ccc(Cl)cc1. The number of ether oxygens (including phenoxy) is 1. The summed E-state index contributed by atoms with van der Waals surface area (Å²) in [6.07, 6.45) is 2.01. The van der Waals surface area contributed by atoms with Crippen molar-refractivity contribution in [3.05, 3.63) is 35.0 Å². The monoisotopic (exact) mass is 311 g/mol. The first kappa shape index (κ1) is 14.9. The quantitative estimate of drug-likeness (QED) is 0.795. The molecule has 1 aromatic heterocycles. The number of hydrogen-bond acceptors (Lipinski definition) is 5. The summed E-state index contributed by atoms with van der Waals surface area (Å²) in [5, 5.41) is 8.61. The Balaban J connectivity index is 2.48. The molecule has 0 saturated carbocycles. The second kappa shape index (κ2) is 6.76. The van der Waals surface area contributed by atoms with E-state index in [9.17, 15) is 4.79 Å². The van der Waals surface area contributed by atoms with Crippen molar-refractivity contribution in [1.82, 2.24) is 15.0 Å². The lowest BCUT2D eigenvalue weighted by Crippen LogP contribution is -2.07. The van der Waals surface area contributed by atoms with Crippen LogP contribution >= 0.6 is 23.4 Å². The number of halogens is 1. The third-order valence-corrected chi connectivity index (χ3v) is 3.58. The van der Waals surface area contributed by atoms with Crippen molar-refractivity contribution in [2.45, 2.75) is 6.54 Å². The van der Waals surface area contributed by atoms with Gasteiger partial charge in [-0.3, -0.25) is 0 Å². The lowest BCUT2D eigenvalue weighted by atomic mass is 10.1. The van der Waals surface area contributed by atoms with E-state index in [0.29, 0.717) is 17.3 Å². The van der Waals surface area contributed by atoms with Crippen LogP contribution in [-0.4, -0.2) is 40.1 Å². The second-order valence-electron chi connectivity index (χ2n) is 4.00. The van der Waals surface area contributed by atoms with Gasteiger partial charge in [0.05, 0.1) is 13.7 Å². The van der Waals surface area contributed by atoms with Crippen molar-refractivity contribution >= 4 is 29.3 Å². The molecule has 2 rings (SSSR count). The average Bonchev–Trinajstić information content (AvgIpc) is 2.89. The second-order valence-corrected chi connectivity index (χ2v) is 5.42. The molecule has 0 radical (unpaired) electrons. The highest BCUT2D eigenvalue weighted by atomic mass is 35.5. The summed E-state index contributed by atoms with van der Waals surface area (Å²) in [4.78, 5) is 11.8. The Morgan fingerprint density at radius 2 is 2.10 bits per heavy atom. The molecule has 20 heavy (non-hydrogen) atoms.